The van der Waals surface area contributed by atoms with E-state index in [1.165, 1.54) is 0 Å². The molecule has 1 rings (SSSR count). The number of methoxy groups -OCH3 is 2. The van der Waals surface area contributed by atoms with Gasteiger partial charge in [-0.15, -0.1) is 0 Å². The first-order valence-corrected chi connectivity index (χ1v) is 6.16. The fourth-order valence-electron chi connectivity index (χ4n) is 1.89. The van der Waals surface area contributed by atoms with Crippen LogP contribution in [0.4, 0.5) is 0 Å². The van der Waals surface area contributed by atoms with Crippen molar-refractivity contribution in [1.82, 2.24) is 5.32 Å². The lowest BCUT2D eigenvalue weighted by molar-refractivity contribution is 0.0607. The minimum Gasteiger partial charge on any atom is -0.493 e. The maximum absolute atomic E-state index is 10.3. The zero-order valence-corrected chi connectivity index (χ0v) is 11.6. The van der Waals surface area contributed by atoms with Gasteiger partial charge in [0, 0.05) is 13.0 Å². The Hall–Kier alpha value is -1.26. The van der Waals surface area contributed by atoms with Crippen LogP contribution < -0.4 is 14.8 Å². The van der Waals surface area contributed by atoms with Crippen molar-refractivity contribution in [2.45, 2.75) is 25.9 Å². The summed E-state index contributed by atoms with van der Waals surface area (Å²) in [6.07, 6.45) is 0.570. The van der Waals surface area contributed by atoms with Crippen molar-refractivity contribution in [3.63, 3.8) is 0 Å². The van der Waals surface area contributed by atoms with Crippen molar-refractivity contribution in [1.29, 1.82) is 0 Å². The number of hydrogen-bond donors (Lipinski definition) is 2. The van der Waals surface area contributed by atoms with E-state index in [0.717, 1.165) is 12.1 Å². The summed E-state index contributed by atoms with van der Waals surface area (Å²) in [6, 6.07) is 5.71. The van der Waals surface area contributed by atoms with Crippen LogP contribution in [-0.4, -0.2) is 38.0 Å². The van der Waals surface area contributed by atoms with Crippen molar-refractivity contribution < 1.29 is 14.6 Å². The smallest absolute Gasteiger partial charge is 0.160 e. The molecule has 0 amide bonds. The summed E-state index contributed by atoms with van der Waals surface area (Å²) in [7, 11) is 3.22. The van der Waals surface area contributed by atoms with Crippen LogP contribution in [-0.2, 0) is 6.42 Å². The zero-order chi connectivity index (χ0) is 13.6. The lowest BCUT2D eigenvalue weighted by Gasteiger charge is -2.24. The van der Waals surface area contributed by atoms with Crippen LogP contribution in [0.1, 0.15) is 19.4 Å². The lowest BCUT2D eigenvalue weighted by atomic mass is 9.96. The van der Waals surface area contributed by atoms with Crippen LogP contribution in [0.2, 0.25) is 0 Å². The highest BCUT2D eigenvalue weighted by Crippen LogP contribution is 2.28. The predicted octanol–water partition coefficient (Wildman–Crippen LogP) is 1.61. The number of aliphatic hydroxyl groups is 1. The summed E-state index contributed by atoms with van der Waals surface area (Å²) in [6.45, 7) is 5.26. The quantitative estimate of drug-likeness (QED) is 0.775. The van der Waals surface area contributed by atoms with Gasteiger partial charge in [-0.25, -0.2) is 0 Å². The number of ether oxygens (including phenoxy) is 2. The lowest BCUT2D eigenvalue weighted by Crippen LogP contribution is -2.39. The zero-order valence-electron chi connectivity index (χ0n) is 11.6. The van der Waals surface area contributed by atoms with E-state index in [2.05, 4.69) is 5.32 Å². The van der Waals surface area contributed by atoms with Gasteiger partial charge in [-0.3, -0.25) is 0 Å². The van der Waals surface area contributed by atoms with E-state index in [-0.39, 0.29) is 0 Å². The van der Waals surface area contributed by atoms with Crippen LogP contribution in [0.5, 0.6) is 11.5 Å². The van der Waals surface area contributed by atoms with E-state index < -0.39 is 5.60 Å². The molecule has 4 nitrogen and oxygen atoms in total. The summed E-state index contributed by atoms with van der Waals surface area (Å²) in [5.41, 5.74) is 0.255. The predicted molar refractivity (Wildman–Crippen MR) is 72.4 cm³/mol. The number of rotatable bonds is 7. The molecule has 1 unspecified atom stereocenters. The molecular formula is C14H23NO3. The molecule has 18 heavy (non-hydrogen) atoms. The molecule has 4 heteroatoms. The van der Waals surface area contributed by atoms with Gasteiger partial charge < -0.3 is 19.9 Å². The average Bonchev–Trinajstić information content (AvgIpc) is 2.35. The van der Waals surface area contributed by atoms with Crippen molar-refractivity contribution in [3.05, 3.63) is 23.8 Å². The molecule has 0 aliphatic carbocycles. The Kier molecular flexibility index (Phi) is 5.44. The highest BCUT2D eigenvalue weighted by Gasteiger charge is 2.20. The molecule has 0 heterocycles. The van der Waals surface area contributed by atoms with Gasteiger partial charge in [-0.05, 0) is 31.2 Å². The van der Waals surface area contributed by atoms with Gasteiger partial charge >= 0.3 is 0 Å². The van der Waals surface area contributed by atoms with Crippen LogP contribution in [0.25, 0.3) is 0 Å². The number of hydrogen-bond acceptors (Lipinski definition) is 4. The Balaban J connectivity index is 2.78. The highest BCUT2D eigenvalue weighted by atomic mass is 16.5. The standard InChI is InChI=1S/C14H23NO3/c1-5-15-10-14(2,16)9-11-6-7-12(17-3)13(8-11)18-4/h6-8,15-16H,5,9-10H2,1-4H3. The summed E-state index contributed by atoms with van der Waals surface area (Å²) in [5, 5.41) is 13.4. The molecule has 0 aliphatic heterocycles. The molecule has 0 saturated heterocycles. The largest absolute Gasteiger partial charge is 0.493 e. The fraction of sp³-hybridized carbons (Fsp3) is 0.571. The topological polar surface area (TPSA) is 50.7 Å². The van der Waals surface area contributed by atoms with Crippen molar-refractivity contribution >= 4 is 0 Å². The molecule has 0 radical (unpaired) electrons. The average molecular weight is 253 g/mol. The van der Waals surface area contributed by atoms with Crippen LogP contribution >= 0.6 is 0 Å². The van der Waals surface area contributed by atoms with Gasteiger partial charge in [-0.2, -0.15) is 0 Å². The van der Waals surface area contributed by atoms with Crippen LogP contribution in [0, 0.1) is 0 Å². The molecule has 1 aromatic rings. The van der Waals surface area contributed by atoms with Gasteiger partial charge in [-0.1, -0.05) is 13.0 Å². The Labute approximate surface area is 109 Å². The summed E-state index contributed by atoms with van der Waals surface area (Å²) >= 11 is 0. The van der Waals surface area contributed by atoms with Crippen LogP contribution in [0.3, 0.4) is 0 Å². The summed E-state index contributed by atoms with van der Waals surface area (Å²) < 4.78 is 10.4. The third-order valence-electron chi connectivity index (χ3n) is 2.79. The molecule has 1 aromatic carbocycles. The Morgan fingerprint density at radius 1 is 1.22 bits per heavy atom. The highest BCUT2D eigenvalue weighted by molar-refractivity contribution is 5.43. The number of nitrogens with one attached hydrogen (secondary N) is 1. The monoisotopic (exact) mass is 253 g/mol. The Bertz CT molecular complexity index is 377. The molecular weight excluding hydrogens is 230 g/mol. The molecule has 0 spiro atoms. The second kappa shape index (κ2) is 6.61. The molecule has 102 valence electrons. The molecule has 0 bridgehead atoms. The van der Waals surface area contributed by atoms with Crippen molar-refractivity contribution in [2.24, 2.45) is 0 Å². The Morgan fingerprint density at radius 3 is 2.44 bits per heavy atom. The van der Waals surface area contributed by atoms with E-state index in [4.69, 9.17) is 9.47 Å². The summed E-state index contributed by atoms with van der Waals surface area (Å²) in [4.78, 5) is 0. The SMILES string of the molecule is CCNCC(C)(O)Cc1ccc(OC)c(OC)c1. The van der Waals surface area contributed by atoms with E-state index in [1.54, 1.807) is 14.2 Å². The second-order valence-corrected chi connectivity index (χ2v) is 4.64. The van der Waals surface area contributed by atoms with E-state index >= 15 is 0 Å². The van der Waals surface area contributed by atoms with E-state index in [1.807, 2.05) is 32.0 Å². The van der Waals surface area contributed by atoms with Crippen LogP contribution in [0.15, 0.2) is 18.2 Å². The van der Waals surface area contributed by atoms with Gasteiger partial charge in [0.05, 0.1) is 19.8 Å². The Morgan fingerprint density at radius 2 is 1.89 bits per heavy atom. The van der Waals surface area contributed by atoms with Crippen molar-refractivity contribution in [2.75, 3.05) is 27.3 Å². The van der Waals surface area contributed by atoms with Gasteiger partial charge in [0.1, 0.15) is 0 Å². The maximum Gasteiger partial charge on any atom is 0.160 e. The third kappa shape index (κ3) is 4.20. The normalized spacial score (nSPS) is 14.1. The number of benzene rings is 1. The first-order chi connectivity index (χ1) is 8.52. The molecule has 2 N–H and O–H groups in total. The number of likely N-dealkylation sites (N-methyl/N-ethyl adjacent to an activating group) is 1. The van der Waals surface area contributed by atoms with Crippen molar-refractivity contribution in [3.8, 4) is 11.5 Å². The van der Waals surface area contributed by atoms with E-state index in [0.29, 0.717) is 24.5 Å². The first kappa shape index (κ1) is 14.8. The molecule has 0 aliphatic rings. The molecule has 0 aromatic heterocycles. The van der Waals surface area contributed by atoms with E-state index in [9.17, 15) is 5.11 Å². The molecule has 1 atom stereocenters. The molecule has 0 saturated carbocycles. The van der Waals surface area contributed by atoms with Gasteiger partial charge in [0.25, 0.3) is 0 Å². The van der Waals surface area contributed by atoms with Gasteiger partial charge in [0.15, 0.2) is 11.5 Å². The minimum absolute atomic E-state index is 0.567. The fourth-order valence-corrected chi connectivity index (χ4v) is 1.89. The molecule has 0 fully saturated rings. The third-order valence-corrected chi connectivity index (χ3v) is 2.79. The summed E-state index contributed by atoms with van der Waals surface area (Å²) in [5.74, 6) is 1.39. The minimum atomic E-state index is -0.768. The first-order valence-electron chi connectivity index (χ1n) is 6.16. The maximum atomic E-state index is 10.3. The van der Waals surface area contributed by atoms with Gasteiger partial charge in [0.2, 0.25) is 0 Å². The second-order valence-electron chi connectivity index (χ2n) is 4.64.